The fourth-order valence-corrected chi connectivity index (χ4v) is 13.0. The van der Waals surface area contributed by atoms with E-state index < -0.39 is 5.41 Å². The lowest BCUT2D eigenvalue weighted by Gasteiger charge is -2.35. The summed E-state index contributed by atoms with van der Waals surface area (Å²) < 4.78 is 9.27. The average Bonchev–Trinajstić information content (AvgIpc) is 4.08. The van der Waals surface area contributed by atoms with Crippen LogP contribution in [0.2, 0.25) is 0 Å². The van der Waals surface area contributed by atoms with Gasteiger partial charge in [-0.3, -0.25) is 0 Å². The molecular formula is C62H41NOS. The van der Waals surface area contributed by atoms with Gasteiger partial charge in [0.25, 0.3) is 0 Å². The summed E-state index contributed by atoms with van der Waals surface area (Å²) in [6, 6.07) is 79.3. The molecule has 0 spiro atoms. The zero-order valence-electron chi connectivity index (χ0n) is 36.0. The smallest absolute Gasteiger partial charge is 0.143 e. The van der Waals surface area contributed by atoms with Crippen molar-refractivity contribution >= 4 is 81.3 Å². The quantitative estimate of drug-likeness (QED) is 0.172. The van der Waals surface area contributed by atoms with Gasteiger partial charge in [0.15, 0.2) is 0 Å². The molecule has 0 fully saturated rings. The zero-order chi connectivity index (χ0) is 43.0. The highest BCUT2D eigenvalue weighted by Crippen LogP contribution is 2.59. The first-order chi connectivity index (χ1) is 32.0. The van der Waals surface area contributed by atoms with Crippen LogP contribution in [0, 0.1) is 0 Å². The molecule has 0 saturated heterocycles. The topological polar surface area (TPSA) is 16.4 Å². The van der Waals surface area contributed by atoms with E-state index in [0.29, 0.717) is 0 Å². The van der Waals surface area contributed by atoms with Crippen LogP contribution in [-0.2, 0) is 10.8 Å². The molecule has 0 atom stereocenters. The van der Waals surface area contributed by atoms with Gasteiger partial charge in [-0.25, -0.2) is 0 Å². The van der Waals surface area contributed by atoms with Crippen LogP contribution in [0.25, 0.3) is 75.1 Å². The molecule has 2 aromatic heterocycles. The molecule has 0 unspecified atom stereocenters. The number of thiophene rings is 1. The number of hydrogen-bond donors (Lipinski definition) is 0. The highest BCUT2D eigenvalue weighted by atomic mass is 32.1. The van der Waals surface area contributed by atoms with Crippen LogP contribution < -0.4 is 4.90 Å². The van der Waals surface area contributed by atoms with E-state index in [-0.39, 0.29) is 5.41 Å². The van der Waals surface area contributed by atoms with Crippen molar-refractivity contribution in [2.75, 3.05) is 4.90 Å². The first-order valence-electron chi connectivity index (χ1n) is 22.6. The van der Waals surface area contributed by atoms with E-state index in [2.05, 4.69) is 231 Å². The number of benzene rings is 10. The summed E-state index contributed by atoms with van der Waals surface area (Å²) in [5.41, 5.74) is 17.4. The van der Waals surface area contributed by atoms with Gasteiger partial charge in [0, 0.05) is 48.4 Å². The lowest BCUT2D eigenvalue weighted by Crippen LogP contribution is -2.29. The molecule has 10 aromatic carbocycles. The molecule has 2 aliphatic rings. The van der Waals surface area contributed by atoms with Gasteiger partial charge in [0.2, 0.25) is 0 Å². The molecule has 0 aliphatic heterocycles. The molecule has 0 N–H and O–H groups in total. The molecule has 0 bridgehead atoms. The number of anilines is 3. The molecule has 12 aromatic rings. The fourth-order valence-electron chi connectivity index (χ4n) is 11.8. The Hall–Kier alpha value is -7.72. The van der Waals surface area contributed by atoms with Gasteiger partial charge in [0.05, 0.1) is 15.8 Å². The lowest BCUT2D eigenvalue weighted by atomic mass is 9.67. The number of furan rings is 1. The van der Waals surface area contributed by atoms with E-state index in [1.807, 2.05) is 11.3 Å². The van der Waals surface area contributed by atoms with E-state index in [1.54, 1.807) is 0 Å². The molecule has 306 valence electrons. The van der Waals surface area contributed by atoms with Gasteiger partial charge in [-0.15, -0.1) is 11.3 Å². The molecule has 65 heavy (non-hydrogen) atoms. The first-order valence-corrected chi connectivity index (χ1v) is 23.4. The third-order valence-corrected chi connectivity index (χ3v) is 15.9. The Morgan fingerprint density at radius 1 is 0.415 bits per heavy atom. The van der Waals surface area contributed by atoms with Crippen molar-refractivity contribution < 1.29 is 4.42 Å². The maximum Gasteiger partial charge on any atom is 0.143 e. The Kier molecular flexibility index (Phi) is 7.57. The van der Waals surface area contributed by atoms with Gasteiger partial charge in [-0.2, -0.15) is 0 Å². The minimum absolute atomic E-state index is 0.180. The van der Waals surface area contributed by atoms with Crippen LogP contribution in [0.3, 0.4) is 0 Å². The molecule has 14 rings (SSSR count). The van der Waals surface area contributed by atoms with Gasteiger partial charge in [0.1, 0.15) is 11.2 Å². The van der Waals surface area contributed by atoms with Crippen molar-refractivity contribution in [3.8, 4) is 22.3 Å². The fraction of sp³-hybridized carbons (Fsp3) is 0.0645. The summed E-state index contributed by atoms with van der Waals surface area (Å²) in [5, 5.41) is 7.04. The number of para-hydroxylation sites is 1. The number of fused-ring (bicyclic) bond motifs is 14. The summed E-state index contributed by atoms with van der Waals surface area (Å²) >= 11 is 1.89. The summed E-state index contributed by atoms with van der Waals surface area (Å²) in [6.07, 6.45) is 0. The number of hydrogen-bond acceptors (Lipinski definition) is 3. The Bertz CT molecular complexity index is 3900. The first kappa shape index (κ1) is 36.7. The SMILES string of the molecule is CC1(C)c2ccccc2-c2ccc(N(c3ccc4ccc5c6ccccc6oc5c4c3)c3cc(C4(c5ccccc5)c5ccccc5-c5ccccc54)cc4c3sc3ccccc34)cc21. The van der Waals surface area contributed by atoms with Crippen molar-refractivity contribution in [2.24, 2.45) is 0 Å². The van der Waals surface area contributed by atoms with Crippen molar-refractivity contribution in [3.63, 3.8) is 0 Å². The molecule has 2 nitrogen and oxygen atoms in total. The van der Waals surface area contributed by atoms with Crippen LogP contribution in [0.5, 0.6) is 0 Å². The van der Waals surface area contributed by atoms with Gasteiger partial charge >= 0.3 is 0 Å². The third kappa shape index (κ3) is 4.99. The molecule has 2 aliphatic carbocycles. The zero-order valence-corrected chi connectivity index (χ0v) is 36.8. The van der Waals surface area contributed by atoms with Gasteiger partial charge in [-0.1, -0.05) is 172 Å². The van der Waals surface area contributed by atoms with Crippen molar-refractivity contribution in [3.05, 3.63) is 246 Å². The predicted octanol–water partition coefficient (Wildman–Crippen LogP) is 17.2. The minimum Gasteiger partial charge on any atom is -0.455 e. The van der Waals surface area contributed by atoms with Crippen LogP contribution >= 0.6 is 11.3 Å². The molecule has 2 heterocycles. The van der Waals surface area contributed by atoms with Crippen LogP contribution in [0.4, 0.5) is 17.1 Å². The number of nitrogens with zero attached hydrogens (tertiary/aromatic N) is 1. The van der Waals surface area contributed by atoms with Crippen molar-refractivity contribution in [1.82, 2.24) is 0 Å². The minimum atomic E-state index is -0.586. The summed E-state index contributed by atoms with van der Waals surface area (Å²) in [6.45, 7) is 4.76. The second kappa shape index (κ2) is 13.4. The monoisotopic (exact) mass is 847 g/mol. The standard InChI is InChI=1S/C62H41NOS/c1-61(2)52-23-11-6-18-43(52)46-33-31-42(37-55(46)61)63(41-30-28-38-29-32-49-47-21-9-14-26-57(47)64-59(49)50(38)36-41)56-35-40(34-51-48-22-10-15-27-58(48)65-60(51)56)62(39-16-4-3-5-17-39)53-24-12-7-19-44(53)45-20-8-13-25-54(45)62/h3-37H,1-2H3. The maximum absolute atomic E-state index is 6.74. The highest BCUT2D eigenvalue weighted by Gasteiger charge is 2.46. The molecule has 0 saturated carbocycles. The highest BCUT2D eigenvalue weighted by molar-refractivity contribution is 7.26. The number of rotatable bonds is 5. The summed E-state index contributed by atoms with van der Waals surface area (Å²) in [7, 11) is 0. The van der Waals surface area contributed by atoms with Gasteiger partial charge < -0.3 is 9.32 Å². The predicted molar refractivity (Wildman–Crippen MR) is 274 cm³/mol. The summed E-state index contributed by atoms with van der Waals surface area (Å²) in [4.78, 5) is 2.55. The third-order valence-electron chi connectivity index (χ3n) is 14.7. The Labute approximate surface area is 381 Å². The van der Waals surface area contributed by atoms with Gasteiger partial charge in [-0.05, 0) is 116 Å². The summed E-state index contributed by atoms with van der Waals surface area (Å²) in [5.74, 6) is 0. The van der Waals surface area contributed by atoms with Crippen molar-refractivity contribution in [2.45, 2.75) is 24.7 Å². The van der Waals surface area contributed by atoms with E-state index in [0.717, 1.165) is 49.8 Å². The lowest BCUT2D eigenvalue weighted by molar-refractivity contribution is 0.660. The second-order valence-electron chi connectivity index (χ2n) is 18.4. The molecular weight excluding hydrogens is 807 g/mol. The Balaban J connectivity index is 1.12. The largest absolute Gasteiger partial charge is 0.455 e. The molecule has 3 heteroatoms. The van der Waals surface area contributed by atoms with Crippen LogP contribution in [0.1, 0.15) is 47.2 Å². The molecule has 0 radical (unpaired) electrons. The Morgan fingerprint density at radius 2 is 1.02 bits per heavy atom. The van der Waals surface area contributed by atoms with E-state index in [9.17, 15) is 0 Å². The molecule has 0 amide bonds. The second-order valence-corrected chi connectivity index (χ2v) is 19.4. The normalized spacial score (nSPS) is 14.2. The van der Waals surface area contributed by atoms with E-state index >= 15 is 0 Å². The van der Waals surface area contributed by atoms with Crippen LogP contribution in [-0.4, -0.2) is 0 Å². The van der Waals surface area contributed by atoms with E-state index in [4.69, 9.17) is 4.42 Å². The van der Waals surface area contributed by atoms with Crippen LogP contribution in [0.15, 0.2) is 217 Å². The van der Waals surface area contributed by atoms with E-state index in [1.165, 1.54) is 75.8 Å². The Morgan fingerprint density at radius 3 is 1.80 bits per heavy atom. The maximum atomic E-state index is 6.74. The van der Waals surface area contributed by atoms with Crippen molar-refractivity contribution in [1.29, 1.82) is 0 Å². The average molecular weight is 848 g/mol.